The van der Waals surface area contributed by atoms with Crippen LogP contribution in [0.1, 0.15) is 30.4 Å². The van der Waals surface area contributed by atoms with Gasteiger partial charge in [0.25, 0.3) is 0 Å². The van der Waals surface area contributed by atoms with Gasteiger partial charge in [-0.1, -0.05) is 36.2 Å². The van der Waals surface area contributed by atoms with Crippen LogP contribution >= 0.6 is 0 Å². The van der Waals surface area contributed by atoms with E-state index in [1.165, 1.54) is 43.5 Å². The van der Waals surface area contributed by atoms with E-state index in [9.17, 15) is 0 Å². The van der Waals surface area contributed by atoms with Crippen LogP contribution in [0.3, 0.4) is 0 Å². The zero-order valence-corrected chi connectivity index (χ0v) is 10.2. The van der Waals surface area contributed by atoms with E-state index in [4.69, 9.17) is 0 Å². The van der Waals surface area contributed by atoms with Crippen LogP contribution in [0.2, 0.25) is 0 Å². The molecule has 2 unspecified atom stereocenters. The van der Waals surface area contributed by atoms with Crippen LogP contribution in [0, 0.1) is 18.8 Å². The molecule has 1 heterocycles. The SMILES string of the molecule is Cc1cccc(CN2CC3CCCC3C2)c1. The molecule has 1 heteroatoms. The predicted molar refractivity (Wildman–Crippen MR) is 67.3 cm³/mol. The van der Waals surface area contributed by atoms with Crippen LogP contribution in [0.4, 0.5) is 0 Å². The van der Waals surface area contributed by atoms with Gasteiger partial charge in [-0.25, -0.2) is 0 Å². The van der Waals surface area contributed by atoms with Crippen molar-refractivity contribution in [1.29, 1.82) is 0 Å². The molecule has 1 aliphatic carbocycles. The fourth-order valence-corrected chi connectivity index (χ4v) is 3.53. The molecule has 0 radical (unpaired) electrons. The molecule has 1 nitrogen and oxygen atoms in total. The number of aryl methyl sites for hydroxylation is 1. The van der Waals surface area contributed by atoms with Crippen molar-refractivity contribution in [2.45, 2.75) is 32.7 Å². The van der Waals surface area contributed by atoms with Crippen LogP contribution in [0.25, 0.3) is 0 Å². The Bertz CT molecular complexity index is 359. The number of hydrogen-bond donors (Lipinski definition) is 0. The second kappa shape index (κ2) is 4.21. The summed E-state index contributed by atoms with van der Waals surface area (Å²) in [6, 6.07) is 8.96. The van der Waals surface area contributed by atoms with E-state index >= 15 is 0 Å². The maximum Gasteiger partial charge on any atom is 0.0234 e. The van der Waals surface area contributed by atoms with Gasteiger partial charge in [0.2, 0.25) is 0 Å². The average molecular weight is 215 g/mol. The van der Waals surface area contributed by atoms with E-state index in [2.05, 4.69) is 36.1 Å². The van der Waals surface area contributed by atoms with Crippen LogP contribution < -0.4 is 0 Å². The summed E-state index contributed by atoms with van der Waals surface area (Å²) < 4.78 is 0. The highest BCUT2D eigenvalue weighted by Gasteiger charge is 2.35. The predicted octanol–water partition coefficient (Wildman–Crippen LogP) is 3.23. The summed E-state index contributed by atoms with van der Waals surface area (Å²) in [5.41, 5.74) is 2.87. The maximum absolute atomic E-state index is 2.66. The molecule has 86 valence electrons. The van der Waals surface area contributed by atoms with E-state index in [-0.39, 0.29) is 0 Å². The minimum absolute atomic E-state index is 1.02. The third kappa shape index (κ3) is 2.01. The van der Waals surface area contributed by atoms with Gasteiger partial charge in [0, 0.05) is 19.6 Å². The molecule has 2 aliphatic rings. The minimum atomic E-state index is 1.02. The molecule has 1 saturated carbocycles. The Morgan fingerprint density at radius 2 is 1.94 bits per heavy atom. The quantitative estimate of drug-likeness (QED) is 0.732. The zero-order valence-electron chi connectivity index (χ0n) is 10.2. The summed E-state index contributed by atoms with van der Waals surface area (Å²) in [5, 5.41) is 0. The van der Waals surface area contributed by atoms with Gasteiger partial charge >= 0.3 is 0 Å². The molecule has 1 aliphatic heterocycles. The summed E-state index contributed by atoms with van der Waals surface area (Å²) in [6.45, 7) is 6.04. The number of hydrogen-bond acceptors (Lipinski definition) is 1. The Hall–Kier alpha value is -0.820. The molecule has 3 rings (SSSR count). The molecule has 0 amide bonds. The van der Waals surface area contributed by atoms with Crippen molar-refractivity contribution in [3.05, 3.63) is 35.4 Å². The highest BCUT2D eigenvalue weighted by Crippen LogP contribution is 2.38. The Labute approximate surface area is 98.5 Å². The van der Waals surface area contributed by atoms with Gasteiger partial charge in [-0.3, -0.25) is 4.90 Å². The molecule has 1 aromatic carbocycles. The topological polar surface area (TPSA) is 3.24 Å². The molecule has 16 heavy (non-hydrogen) atoms. The molecule has 2 atom stereocenters. The lowest BCUT2D eigenvalue weighted by molar-refractivity contribution is 0.303. The number of benzene rings is 1. The first-order chi connectivity index (χ1) is 7.81. The molecule has 0 spiro atoms. The molecule has 1 aromatic rings. The van der Waals surface area contributed by atoms with E-state index in [0.717, 1.165) is 18.4 Å². The lowest BCUT2D eigenvalue weighted by atomic mass is 10.0. The van der Waals surface area contributed by atoms with Gasteiger partial charge in [0.1, 0.15) is 0 Å². The van der Waals surface area contributed by atoms with Crippen molar-refractivity contribution in [2.24, 2.45) is 11.8 Å². The Morgan fingerprint density at radius 3 is 2.62 bits per heavy atom. The summed E-state index contributed by atoms with van der Waals surface area (Å²) in [5.74, 6) is 2.04. The first-order valence-corrected chi connectivity index (χ1v) is 6.59. The molecular weight excluding hydrogens is 194 g/mol. The molecule has 0 N–H and O–H groups in total. The monoisotopic (exact) mass is 215 g/mol. The Morgan fingerprint density at radius 1 is 1.19 bits per heavy atom. The fourth-order valence-electron chi connectivity index (χ4n) is 3.53. The first-order valence-electron chi connectivity index (χ1n) is 6.59. The van der Waals surface area contributed by atoms with E-state index in [0.29, 0.717) is 0 Å². The van der Waals surface area contributed by atoms with Gasteiger partial charge in [-0.2, -0.15) is 0 Å². The third-order valence-electron chi connectivity index (χ3n) is 4.29. The van der Waals surface area contributed by atoms with E-state index in [1.807, 2.05) is 0 Å². The summed E-state index contributed by atoms with van der Waals surface area (Å²) in [7, 11) is 0. The van der Waals surface area contributed by atoms with Crippen molar-refractivity contribution in [3.63, 3.8) is 0 Å². The second-order valence-electron chi connectivity index (χ2n) is 5.63. The standard InChI is InChI=1S/C15H21N/c1-12-4-2-5-13(8-12)9-16-10-14-6-3-7-15(14)11-16/h2,4-5,8,14-15H,3,6-7,9-11H2,1H3. The summed E-state index contributed by atoms with van der Waals surface area (Å²) in [4.78, 5) is 2.66. The van der Waals surface area contributed by atoms with Gasteiger partial charge in [0.15, 0.2) is 0 Å². The maximum atomic E-state index is 2.66. The van der Waals surface area contributed by atoms with Crippen molar-refractivity contribution in [1.82, 2.24) is 4.90 Å². The number of nitrogens with zero attached hydrogens (tertiary/aromatic N) is 1. The van der Waals surface area contributed by atoms with Crippen molar-refractivity contribution >= 4 is 0 Å². The van der Waals surface area contributed by atoms with E-state index in [1.54, 1.807) is 0 Å². The highest BCUT2D eigenvalue weighted by molar-refractivity contribution is 5.22. The fraction of sp³-hybridized carbons (Fsp3) is 0.600. The van der Waals surface area contributed by atoms with Crippen molar-refractivity contribution < 1.29 is 0 Å². The lowest BCUT2D eigenvalue weighted by Crippen LogP contribution is -2.21. The van der Waals surface area contributed by atoms with Crippen LogP contribution in [0.15, 0.2) is 24.3 Å². The number of likely N-dealkylation sites (tertiary alicyclic amines) is 1. The summed E-state index contributed by atoms with van der Waals surface area (Å²) >= 11 is 0. The first kappa shape index (κ1) is 10.3. The van der Waals surface area contributed by atoms with Gasteiger partial charge < -0.3 is 0 Å². The van der Waals surface area contributed by atoms with E-state index < -0.39 is 0 Å². The summed E-state index contributed by atoms with van der Waals surface area (Å²) in [6.07, 6.45) is 4.44. The van der Waals surface area contributed by atoms with Crippen LogP contribution in [-0.4, -0.2) is 18.0 Å². The minimum Gasteiger partial charge on any atom is -0.299 e. The van der Waals surface area contributed by atoms with Gasteiger partial charge in [-0.15, -0.1) is 0 Å². The van der Waals surface area contributed by atoms with Crippen LogP contribution in [0.5, 0.6) is 0 Å². The lowest BCUT2D eigenvalue weighted by Gasteiger charge is -2.16. The third-order valence-corrected chi connectivity index (χ3v) is 4.29. The largest absolute Gasteiger partial charge is 0.299 e. The Kier molecular flexibility index (Phi) is 2.72. The van der Waals surface area contributed by atoms with Gasteiger partial charge in [-0.05, 0) is 37.2 Å². The number of fused-ring (bicyclic) bond motifs is 1. The molecule has 0 bridgehead atoms. The zero-order chi connectivity index (χ0) is 11.0. The number of rotatable bonds is 2. The van der Waals surface area contributed by atoms with Crippen molar-refractivity contribution in [2.75, 3.05) is 13.1 Å². The van der Waals surface area contributed by atoms with Crippen molar-refractivity contribution in [3.8, 4) is 0 Å². The average Bonchev–Trinajstić information content (AvgIpc) is 2.77. The van der Waals surface area contributed by atoms with Crippen LogP contribution in [-0.2, 0) is 6.54 Å². The normalized spacial score (nSPS) is 29.6. The molecule has 2 fully saturated rings. The Balaban J connectivity index is 1.64. The van der Waals surface area contributed by atoms with Gasteiger partial charge in [0.05, 0.1) is 0 Å². The smallest absolute Gasteiger partial charge is 0.0234 e. The molecular formula is C15H21N. The highest BCUT2D eigenvalue weighted by atomic mass is 15.2. The molecule has 0 aromatic heterocycles. The molecule has 1 saturated heterocycles. The second-order valence-corrected chi connectivity index (χ2v) is 5.63.